The van der Waals surface area contributed by atoms with E-state index in [9.17, 15) is 5.26 Å². The highest BCUT2D eigenvalue weighted by molar-refractivity contribution is 9.10. The first kappa shape index (κ1) is 10.7. The van der Waals surface area contributed by atoms with Gasteiger partial charge >= 0.3 is 0 Å². The molecule has 1 aliphatic carbocycles. The predicted octanol–water partition coefficient (Wildman–Crippen LogP) is 1.54. The Bertz CT molecular complexity index is 390. The van der Waals surface area contributed by atoms with Crippen LogP contribution in [0, 0.1) is 17.2 Å². The molecule has 0 radical (unpaired) electrons. The lowest BCUT2D eigenvalue weighted by molar-refractivity contribution is 0.326. The van der Waals surface area contributed by atoms with E-state index in [1.165, 1.54) is 0 Å². The molecule has 1 heterocycles. The molecule has 2 rings (SSSR count). The van der Waals surface area contributed by atoms with Gasteiger partial charge in [0.15, 0.2) is 0 Å². The van der Waals surface area contributed by atoms with Crippen LogP contribution in [0.25, 0.3) is 0 Å². The zero-order chi connectivity index (χ0) is 10.9. The van der Waals surface area contributed by atoms with Crippen molar-refractivity contribution in [1.29, 1.82) is 5.26 Å². The van der Waals surface area contributed by atoms with Crippen LogP contribution in [-0.2, 0) is 6.54 Å². The number of rotatable bonds is 4. The van der Waals surface area contributed by atoms with Crippen molar-refractivity contribution in [1.82, 2.24) is 15.1 Å². The van der Waals surface area contributed by atoms with E-state index >= 15 is 0 Å². The van der Waals surface area contributed by atoms with Gasteiger partial charge in [0.2, 0.25) is 0 Å². The van der Waals surface area contributed by atoms with Crippen molar-refractivity contribution < 1.29 is 0 Å². The fourth-order valence-electron chi connectivity index (χ4n) is 1.85. The molecule has 0 saturated heterocycles. The van der Waals surface area contributed by atoms with Gasteiger partial charge < -0.3 is 5.32 Å². The maximum atomic E-state index is 9.29. The highest BCUT2D eigenvalue weighted by Crippen LogP contribution is 2.40. The third-order valence-electron chi connectivity index (χ3n) is 2.93. The van der Waals surface area contributed by atoms with E-state index in [1.807, 2.05) is 17.9 Å². The Kier molecular flexibility index (Phi) is 2.81. The molecular weight excluding hydrogens is 256 g/mol. The second-order valence-corrected chi connectivity index (χ2v) is 4.88. The molecule has 0 aromatic carbocycles. The summed E-state index contributed by atoms with van der Waals surface area (Å²) < 4.78 is 2.75. The lowest BCUT2D eigenvalue weighted by Crippen LogP contribution is -2.47. The van der Waals surface area contributed by atoms with Crippen molar-refractivity contribution in [2.75, 3.05) is 7.05 Å². The van der Waals surface area contributed by atoms with Crippen LogP contribution in [0.1, 0.15) is 12.8 Å². The standard InChI is InChI=1S/C10H13BrN4/c1-13-10(6-12,8-2-3-8)7-15-5-9(11)4-14-15/h4-5,8,13H,2-3,7H2,1H3. The molecule has 1 atom stereocenters. The van der Waals surface area contributed by atoms with E-state index in [-0.39, 0.29) is 0 Å². The van der Waals surface area contributed by atoms with Gasteiger partial charge in [-0.3, -0.25) is 4.68 Å². The second kappa shape index (κ2) is 3.95. The van der Waals surface area contributed by atoms with Crippen LogP contribution in [0.3, 0.4) is 0 Å². The largest absolute Gasteiger partial charge is 0.301 e. The van der Waals surface area contributed by atoms with Crippen LogP contribution in [0.4, 0.5) is 0 Å². The van der Waals surface area contributed by atoms with Crippen molar-refractivity contribution in [2.24, 2.45) is 5.92 Å². The number of halogens is 1. The van der Waals surface area contributed by atoms with Gasteiger partial charge in [-0.15, -0.1) is 0 Å². The number of nitriles is 1. The maximum absolute atomic E-state index is 9.29. The van der Waals surface area contributed by atoms with E-state index in [4.69, 9.17) is 0 Å². The van der Waals surface area contributed by atoms with E-state index in [1.54, 1.807) is 6.20 Å². The fourth-order valence-corrected chi connectivity index (χ4v) is 2.18. The summed E-state index contributed by atoms with van der Waals surface area (Å²) in [5.41, 5.74) is -0.453. The molecule has 1 aliphatic rings. The summed E-state index contributed by atoms with van der Waals surface area (Å²) in [5.74, 6) is 0.468. The maximum Gasteiger partial charge on any atom is 0.129 e. The number of aromatic nitrogens is 2. The van der Waals surface area contributed by atoms with Gasteiger partial charge in [0.25, 0.3) is 0 Å². The highest BCUT2D eigenvalue weighted by Gasteiger charge is 2.45. The number of likely N-dealkylation sites (N-methyl/N-ethyl adjacent to an activating group) is 1. The molecule has 1 fully saturated rings. The Morgan fingerprint density at radius 1 is 1.80 bits per heavy atom. The lowest BCUT2D eigenvalue weighted by Gasteiger charge is -2.25. The molecule has 5 heteroatoms. The molecule has 0 aliphatic heterocycles. The summed E-state index contributed by atoms with van der Waals surface area (Å²) in [4.78, 5) is 0. The molecule has 0 amide bonds. The average molecular weight is 269 g/mol. The quantitative estimate of drug-likeness (QED) is 0.902. The summed E-state index contributed by atoms with van der Waals surface area (Å²) >= 11 is 3.35. The van der Waals surface area contributed by atoms with E-state index < -0.39 is 5.54 Å². The summed E-state index contributed by atoms with van der Waals surface area (Å²) in [6.07, 6.45) is 5.91. The predicted molar refractivity (Wildman–Crippen MR) is 60.1 cm³/mol. The molecule has 80 valence electrons. The molecule has 0 bridgehead atoms. The van der Waals surface area contributed by atoms with E-state index in [0.717, 1.165) is 17.3 Å². The molecule has 0 spiro atoms. The smallest absolute Gasteiger partial charge is 0.129 e. The van der Waals surface area contributed by atoms with Crippen molar-refractivity contribution in [3.63, 3.8) is 0 Å². The second-order valence-electron chi connectivity index (χ2n) is 3.96. The topological polar surface area (TPSA) is 53.6 Å². The Morgan fingerprint density at radius 3 is 2.93 bits per heavy atom. The first-order chi connectivity index (χ1) is 7.20. The van der Waals surface area contributed by atoms with Gasteiger partial charge in [0.05, 0.1) is 23.3 Å². The molecule has 1 unspecified atom stereocenters. The number of nitrogens with one attached hydrogen (secondary N) is 1. The number of hydrogen-bond donors (Lipinski definition) is 1. The molecule has 1 saturated carbocycles. The first-order valence-corrected chi connectivity index (χ1v) is 5.77. The van der Waals surface area contributed by atoms with Gasteiger partial charge in [0, 0.05) is 6.20 Å². The number of nitrogens with zero attached hydrogens (tertiary/aromatic N) is 3. The Labute approximate surface area is 97.4 Å². The molecule has 1 N–H and O–H groups in total. The van der Waals surface area contributed by atoms with Crippen LogP contribution in [0.2, 0.25) is 0 Å². The minimum Gasteiger partial charge on any atom is -0.301 e. The molecule has 15 heavy (non-hydrogen) atoms. The van der Waals surface area contributed by atoms with Crippen LogP contribution < -0.4 is 5.32 Å². The van der Waals surface area contributed by atoms with Crippen LogP contribution >= 0.6 is 15.9 Å². The minimum absolute atomic E-state index is 0.453. The average Bonchev–Trinajstić information content (AvgIpc) is 3.01. The SMILES string of the molecule is CNC(C#N)(Cn1cc(Br)cn1)C1CC1. The monoisotopic (exact) mass is 268 g/mol. The van der Waals surface area contributed by atoms with Gasteiger partial charge in [-0.2, -0.15) is 10.4 Å². The van der Waals surface area contributed by atoms with Crippen LogP contribution in [-0.4, -0.2) is 22.4 Å². The number of hydrogen-bond acceptors (Lipinski definition) is 3. The third kappa shape index (κ3) is 2.06. The molecule has 1 aromatic heterocycles. The molecule has 1 aromatic rings. The summed E-state index contributed by atoms with van der Waals surface area (Å²) in [6.45, 7) is 0.607. The zero-order valence-corrected chi connectivity index (χ0v) is 10.2. The van der Waals surface area contributed by atoms with Crippen molar-refractivity contribution >= 4 is 15.9 Å². The summed E-state index contributed by atoms with van der Waals surface area (Å²) in [7, 11) is 1.85. The van der Waals surface area contributed by atoms with Gasteiger partial charge in [-0.1, -0.05) is 0 Å². The van der Waals surface area contributed by atoms with Crippen LogP contribution in [0.15, 0.2) is 16.9 Å². The van der Waals surface area contributed by atoms with Gasteiger partial charge in [-0.25, -0.2) is 0 Å². The molecule has 4 nitrogen and oxygen atoms in total. The van der Waals surface area contributed by atoms with Crippen molar-refractivity contribution in [3.05, 3.63) is 16.9 Å². The molecular formula is C10H13BrN4. The van der Waals surface area contributed by atoms with Gasteiger partial charge in [-0.05, 0) is 41.7 Å². The van der Waals surface area contributed by atoms with Crippen LogP contribution in [0.5, 0.6) is 0 Å². The Balaban J connectivity index is 2.17. The third-order valence-corrected chi connectivity index (χ3v) is 3.34. The lowest BCUT2D eigenvalue weighted by atomic mass is 9.95. The highest BCUT2D eigenvalue weighted by atomic mass is 79.9. The summed E-state index contributed by atoms with van der Waals surface area (Å²) in [5, 5.41) is 16.6. The summed E-state index contributed by atoms with van der Waals surface area (Å²) in [6, 6.07) is 2.40. The van der Waals surface area contributed by atoms with Gasteiger partial charge in [0.1, 0.15) is 5.54 Å². The van der Waals surface area contributed by atoms with E-state index in [2.05, 4.69) is 32.4 Å². The van der Waals surface area contributed by atoms with Crippen molar-refractivity contribution in [3.8, 4) is 6.07 Å². The van der Waals surface area contributed by atoms with Crippen molar-refractivity contribution in [2.45, 2.75) is 24.9 Å². The first-order valence-electron chi connectivity index (χ1n) is 4.98. The Hall–Kier alpha value is -0.860. The minimum atomic E-state index is -0.453. The normalized spacial score (nSPS) is 19.5. The fraction of sp³-hybridized carbons (Fsp3) is 0.600. The zero-order valence-electron chi connectivity index (χ0n) is 8.57. The van der Waals surface area contributed by atoms with E-state index in [0.29, 0.717) is 12.5 Å². The Morgan fingerprint density at radius 2 is 2.53 bits per heavy atom.